The van der Waals surface area contributed by atoms with Crippen molar-refractivity contribution in [1.82, 2.24) is 0 Å². The van der Waals surface area contributed by atoms with E-state index in [0.29, 0.717) is 6.42 Å². The molecule has 216 valence electrons. The summed E-state index contributed by atoms with van der Waals surface area (Å²) in [5, 5.41) is 0. The molecule has 2 heteroatoms. The fourth-order valence-corrected chi connectivity index (χ4v) is 6.33. The zero-order valence-electron chi connectivity index (χ0n) is 25.2. The summed E-state index contributed by atoms with van der Waals surface area (Å²) in [5.41, 5.74) is 10.4. The Bertz CT molecular complexity index is 1790. The van der Waals surface area contributed by atoms with Gasteiger partial charge in [0.15, 0.2) is 5.78 Å². The number of Topliss-reactive ketones (excluding diaryl/α,β-unsaturated/α-hetero) is 1. The van der Waals surface area contributed by atoms with E-state index in [1.165, 1.54) is 5.56 Å². The van der Waals surface area contributed by atoms with Crippen molar-refractivity contribution in [2.24, 2.45) is 5.92 Å². The van der Waals surface area contributed by atoms with Crippen molar-refractivity contribution in [3.05, 3.63) is 202 Å². The molecule has 1 unspecified atom stereocenters. The lowest BCUT2D eigenvalue weighted by molar-refractivity contribution is 0.103. The summed E-state index contributed by atoms with van der Waals surface area (Å²) in [5.74, 6) is 0.951. The van der Waals surface area contributed by atoms with Gasteiger partial charge in [-0.3, -0.25) is 4.79 Å². The number of methoxy groups -OCH3 is 1. The van der Waals surface area contributed by atoms with Crippen LogP contribution in [0.5, 0.6) is 0 Å². The van der Waals surface area contributed by atoms with E-state index in [1.54, 1.807) is 7.11 Å². The Balaban J connectivity index is 1.49. The van der Waals surface area contributed by atoms with Crippen LogP contribution < -0.4 is 0 Å². The molecule has 6 rings (SSSR count). The van der Waals surface area contributed by atoms with Crippen LogP contribution in [0.1, 0.15) is 51.5 Å². The number of allylic oxidation sites excluding steroid dienone is 3. The van der Waals surface area contributed by atoms with Crippen molar-refractivity contribution in [2.75, 3.05) is 7.11 Å². The van der Waals surface area contributed by atoms with Gasteiger partial charge in [-0.05, 0) is 76.3 Å². The van der Waals surface area contributed by atoms with Crippen LogP contribution in [0.15, 0.2) is 169 Å². The molecule has 1 atom stereocenters. The number of rotatable bonds is 10. The Morgan fingerprint density at radius 1 is 0.636 bits per heavy atom. The molecule has 0 N–H and O–H groups in total. The van der Waals surface area contributed by atoms with Crippen molar-refractivity contribution in [1.29, 1.82) is 0 Å². The van der Waals surface area contributed by atoms with E-state index < -0.39 is 0 Å². The predicted octanol–water partition coefficient (Wildman–Crippen LogP) is 9.99. The second-order valence-corrected chi connectivity index (χ2v) is 11.2. The minimum absolute atomic E-state index is 0.0158. The molecule has 1 aliphatic rings. The Hall–Kier alpha value is -5.21. The molecule has 0 aliphatic heterocycles. The van der Waals surface area contributed by atoms with Crippen molar-refractivity contribution in [2.45, 2.75) is 19.8 Å². The molecule has 0 amide bonds. The summed E-state index contributed by atoms with van der Waals surface area (Å²) in [6.07, 6.45) is 3.61. The summed E-state index contributed by atoms with van der Waals surface area (Å²) in [6.45, 7) is 2.13. The van der Waals surface area contributed by atoms with Crippen molar-refractivity contribution in [3.8, 4) is 0 Å². The lowest BCUT2D eigenvalue weighted by Crippen LogP contribution is -2.10. The Morgan fingerprint density at radius 2 is 1.14 bits per heavy atom. The van der Waals surface area contributed by atoms with Crippen LogP contribution in [-0.4, -0.2) is 12.9 Å². The minimum Gasteiger partial charge on any atom is -0.497 e. The van der Waals surface area contributed by atoms with Crippen LogP contribution >= 0.6 is 0 Å². The molecule has 44 heavy (non-hydrogen) atoms. The van der Waals surface area contributed by atoms with Gasteiger partial charge in [0.05, 0.1) is 7.11 Å². The topological polar surface area (TPSA) is 26.3 Å². The standard InChI is InChI=1S/C42H36O2/c1-30(40(33-19-9-4-10-20-33)34-21-11-5-12-22-34)39(44-2)29-32(27-31-17-7-3-8-18-31)28-38-41(35-23-13-6-14-24-35)36-25-15-16-26-37(36)42(38)43/h3-26,29,32H,27-28H2,1-2H3/b39-29+. The number of ketones is 1. The number of carbonyl (C=O) groups excluding carboxylic acids is 1. The van der Waals surface area contributed by atoms with E-state index in [0.717, 1.165) is 62.3 Å². The maximum atomic E-state index is 14.0. The normalized spacial score (nSPS) is 13.4. The molecule has 0 spiro atoms. The van der Waals surface area contributed by atoms with Gasteiger partial charge in [-0.15, -0.1) is 0 Å². The predicted molar refractivity (Wildman–Crippen MR) is 181 cm³/mol. The first-order valence-corrected chi connectivity index (χ1v) is 15.2. The first kappa shape index (κ1) is 28.9. The van der Waals surface area contributed by atoms with Gasteiger partial charge in [-0.2, -0.15) is 0 Å². The molecule has 0 bridgehead atoms. The van der Waals surface area contributed by atoms with Crippen LogP contribution in [0.25, 0.3) is 11.1 Å². The number of carbonyl (C=O) groups is 1. The van der Waals surface area contributed by atoms with E-state index in [2.05, 4.69) is 104 Å². The highest BCUT2D eigenvalue weighted by Crippen LogP contribution is 2.41. The van der Waals surface area contributed by atoms with Crippen LogP contribution in [0, 0.1) is 5.92 Å². The second kappa shape index (κ2) is 13.4. The highest BCUT2D eigenvalue weighted by atomic mass is 16.5. The Kier molecular flexibility index (Phi) is 8.80. The largest absolute Gasteiger partial charge is 0.497 e. The molecule has 1 aliphatic carbocycles. The van der Waals surface area contributed by atoms with Crippen LogP contribution in [0.2, 0.25) is 0 Å². The summed E-state index contributed by atoms with van der Waals surface area (Å²) in [6, 6.07) is 49.8. The Labute approximate surface area is 260 Å². The first-order valence-electron chi connectivity index (χ1n) is 15.2. The fraction of sp³-hybridized carbons (Fsp3) is 0.119. The highest BCUT2D eigenvalue weighted by Gasteiger charge is 2.31. The van der Waals surface area contributed by atoms with Gasteiger partial charge in [0, 0.05) is 11.1 Å². The number of hydrogen-bond donors (Lipinski definition) is 0. The highest BCUT2D eigenvalue weighted by molar-refractivity contribution is 6.22. The number of ether oxygens (including phenoxy) is 1. The van der Waals surface area contributed by atoms with Crippen LogP contribution in [-0.2, 0) is 11.2 Å². The molecule has 5 aromatic carbocycles. The van der Waals surface area contributed by atoms with Crippen LogP contribution in [0.3, 0.4) is 0 Å². The average molecular weight is 573 g/mol. The molecule has 0 radical (unpaired) electrons. The lowest BCUT2D eigenvalue weighted by Gasteiger charge is -2.20. The third kappa shape index (κ3) is 6.11. The van der Waals surface area contributed by atoms with E-state index in [1.807, 2.05) is 54.6 Å². The summed E-state index contributed by atoms with van der Waals surface area (Å²) < 4.78 is 6.17. The molecule has 5 aromatic rings. The quantitative estimate of drug-likeness (QED) is 0.123. The van der Waals surface area contributed by atoms with Gasteiger partial charge in [0.1, 0.15) is 5.76 Å². The monoisotopic (exact) mass is 572 g/mol. The number of fused-ring (bicyclic) bond motifs is 1. The smallest absolute Gasteiger partial charge is 0.190 e. The van der Waals surface area contributed by atoms with E-state index in [9.17, 15) is 4.79 Å². The second-order valence-electron chi connectivity index (χ2n) is 11.2. The van der Waals surface area contributed by atoms with E-state index >= 15 is 0 Å². The maximum absolute atomic E-state index is 14.0. The molecule has 0 saturated carbocycles. The van der Waals surface area contributed by atoms with Gasteiger partial charge < -0.3 is 4.74 Å². The van der Waals surface area contributed by atoms with Crippen molar-refractivity contribution < 1.29 is 9.53 Å². The zero-order valence-corrected chi connectivity index (χ0v) is 25.2. The molecule has 0 fully saturated rings. The van der Waals surface area contributed by atoms with Crippen molar-refractivity contribution in [3.63, 3.8) is 0 Å². The zero-order chi connectivity index (χ0) is 30.3. The van der Waals surface area contributed by atoms with Crippen LogP contribution in [0.4, 0.5) is 0 Å². The molecule has 0 saturated heterocycles. The van der Waals surface area contributed by atoms with E-state index in [4.69, 9.17) is 4.74 Å². The molecule has 0 aromatic heterocycles. The first-order chi connectivity index (χ1) is 21.6. The van der Waals surface area contributed by atoms with Gasteiger partial charge in [0.2, 0.25) is 0 Å². The summed E-state index contributed by atoms with van der Waals surface area (Å²) in [7, 11) is 1.74. The SMILES string of the molecule is CO/C(=C/C(CC1=C(c2ccccc2)c2ccccc2C1=O)Cc1ccccc1)C(C)=C(c1ccccc1)c1ccccc1. The lowest BCUT2D eigenvalue weighted by atomic mass is 9.86. The maximum Gasteiger partial charge on any atom is 0.190 e. The minimum atomic E-state index is 0.0158. The van der Waals surface area contributed by atoms with Gasteiger partial charge in [-0.25, -0.2) is 0 Å². The van der Waals surface area contributed by atoms with Gasteiger partial charge in [0.25, 0.3) is 0 Å². The van der Waals surface area contributed by atoms with Gasteiger partial charge in [-0.1, -0.05) is 146 Å². The molecule has 0 heterocycles. The fourth-order valence-electron chi connectivity index (χ4n) is 6.33. The molecular weight excluding hydrogens is 536 g/mol. The summed E-state index contributed by atoms with van der Waals surface area (Å²) >= 11 is 0. The third-order valence-corrected chi connectivity index (χ3v) is 8.36. The summed E-state index contributed by atoms with van der Waals surface area (Å²) in [4.78, 5) is 14.0. The third-order valence-electron chi connectivity index (χ3n) is 8.36. The number of benzene rings is 5. The van der Waals surface area contributed by atoms with Gasteiger partial charge >= 0.3 is 0 Å². The number of hydrogen-bond acceptors (Lipinski definition) is 2. The molecular formula is C42H36O2. The molecule has 2 nitrogen and oxygen atoms in total. The Morgan fingerprint density at radius 3 is 1.70 bits per heavy atom. The average Bonchev–Trinajstić information content (AvgIpc) is 3.36. The van der Waals surface area contributed by atoms with Crippen molar-refractivity contribution >= 4 is 16.9 Å². The van der Waals surface area contributed by atoms with E-state index in [-0.39, 0.29) is 11.7 Å².